The van der Waals surface area contributed by atoms with Crippen molar-refractivity contribution in [3.05, 3.63) is 0 Å². The zero-order valence-corrected chi connectivity index (χ0v) is 9.58. The van der Waals surface area contributed by atoms with Gasteiger partial charge in [0.1, 0.15) is 37.9 Å². The lowest BCUT2D eigenvalue weighted by Crippen LogP contribution is -3.16. The molecule has 2 rings (SSSR count). The van der Waals surface area contributed by atoms with Crippen molar-refractivity contribution in [1.29, 1.82) is 0 Å². The highest BCUT2D eigenvalue weighted by atomic mass is 16.6. The number of rotatable bonds is 2. The highest BCUT2D eigenvalue weighted by Crippen LogP contribution is 2.22. The van der Waals surface area contributed by atoms with E-state index < -0.39 is 24.1 Å². The van der Waals surface area contributed by atoms with Crippen LogP contribution in [0.5, 0.6) is 0 Å². The maximum absolute atomic E-state index is 10.2. The monoisotopic (exact) mass is 250 g/mol. The number of ether oxygens (including phenoxy) is 2. The van der Waals surface area contributed by atoms with Gasteiger partial charge in [-0.05, 0) is 0 Å². The van der Waals surface area contributed by atoms with Crippen LogP contribution in [0.25, 0.3) is 0 Å². The Bertz CT molecular complexity index is 259. The number of aliphatic hydroxyl groups is 4. The van der Waals surface area contributed by atoms with Crippen molar-refractivity contribution < 1.29 is 34.8 Å². The molecule has 2 fully saturated rings. The van der Waals surface area contributed by atoms with E-state index in [-0.39, 0.29) is 13.2 Å². The third kappa shape index (κ3) is 2.76. The molecule has 0 aliphatic carbocycles. The molecule has 0 amide bonds. The fraction of sp³-hybridized carbons (Fsp3) is 1.00. The van der Waals surface area contributed by atoms with Crippen LogP contribution in [0.2, 0.25) is 0 Å². The van der Waals surface area contributed by atoms with Crippen LogP contribution in [0, 0.1) is 0 Å². The molecule has 7 nitrogen and oxygen atoms in total. The molecule has 2 saturated heterocycles. The summed E-state index contributed by atoms with van der Waals surface area (Å²) in [7, 11) is 0. The summed E-state index contributed by atoms with van der Waals surface area (Å²) in [6, 6.07) is 0. The minimum Gasteiger partial charge on any atom is -0.388 e. The average Bonchev–Trinajstić information content (AvgIpc) is 2.34. The molecule has 0 unspecified atom stereocenters. The standard InChI is InChI=1S/C10H19NO6/c12-7-5-17-10(15,9(14)8(7)13)6-11-1-3-16-4-2-11/h7-9,12-15H,1-6H2/p+1/t7-,8-,9+,10-/m1/s1. The molecule has 0 aromatic carbocycles. The van der Waals surface area contributed by atoms with E-state index in [0.717, 1.165) is 18.0 Å². The Balaban J connectivity index is 1.97. The van der Waals surface area contributed by atoms with Crippen LogP contribution in [0.1, 0.15) is 0 Å². The van der Waals surface area contributed by atoms with Gasteiger partial charge < -0.3 is 34.8 Å². The zero-order chi connectivity index (χ0) is 12.5. The van der Waals surface area contributed by atoms with Crippen LogP contribution in [0.3, 0.4) is 0 Å². The Hall–Kier alpha value is -0.280. The fourth-order valence-corrected chi connectivity index (χ4v) is 2.24. The third-order valence-electron chi connectivity index (χ3n) is 3.39. The molecule has 2 aliphatic rings. The van der Waals surface area contributed by atoms with Gasteiger partial charge >= 0.3 is 0 Å². The lowest BCUT2D eigenvalue weighted by Gasteiger charge is -2.42. The molecule has 0 spiro atoms. The van der Waals surface area contributed by atoms with E-state index in [9.17, 15) is 20.4 Å². The molecule has 7 heteroatoms. The molecule has 2 aliphatic heterocycles. The van der Waals surface area contributed by atoms with Crippen molar-refractivity contribution in [2.45, 2.75) is 24.1 Å². The predicted molar refractivity (Wildman–Crippen MR) is 55.3 cm³/mol. The second-order valence-corrected chi connectivity index (χ2v) is 4.70. The van der Waals surface area contributed by atoms with Crippen molar-refractivity contribution in [2.75, 3.05) is 39.5 Å². The van der Waals surface area contributed by atoms with Crippen molar-refractivity contribution in [2.24, 2.45) is 0 Å². The van der Waals surface area contributed by atoms with Crippen LogP contribution < -0.4 is 4.90 Å². The first kappa shape index (κ1) is 13.2. The summed E-state index contributed by atoms with van der Waals surface area (Å²) in [5, 5.41) is 38.8. The van der Waals surface area contributed by atoms with Gasteiger partial charge in [0, 0.05) is 0 Å². The lowest BCUT2D eigenvalue weighted by atomic mass is 9.96. The van der Waals surface area contributed by atoms with Crippen molar-refractivity contribution in [3.8, 4) is 0 Å². The Morgan fingerprint density at radius 2 is 1.82 bits per heavy atom. The molecule has 5 N–H and O–H groups in total. The normalized spacial score (nSPS) is 44.8. The maximum Gasteiger partial charge on any atom is 0.245 e. The smallest absolute Gasteiger partial charge is 0.245 e. The quantitative estimate of drug-likeness (QED) is 0.340. The predicted octanol–water partition coefficient (Wildman–Crippen LogP) is -4.30. The molecule has 100 valence electrons. The largest absolute Gasteiger partial charge is 0.388 e. The molecular weight excluding hydrogens is 230 g/mol. The first-order valence-corrected chi connectivity index (χ1v) is 5.85. The molecular formula is C10H20NO6+. The maximum atomic E-state index is 10.2. The Morgan fingerprint density at radius 3 is 2.47 bits per heavy atom. The Kier molecular flexibility index (Phi) is 3.99. The molecule has 4 atom stereocenters. The molecule has 0 bridgehead atoms. The van der Waals surface area contributed by atoms with Gasteiger partial charge in [0.05, 0.1) is 19.8 Å². The summed E-state index contributed by atoms with van der Waals surface area (Å²) in [4.78, 5) is 1.04. The van der Waals surface area contributed by atoms with Gasteiger partial charge in [-0.25, -0.2) is 0 Å². The number of hydrogen-bond acceptors (Lipinski definition) is 6. The van der Waals surface area contributed by atoms with E-state index in [1.54, 1.807) is 0 Å². The Morgan fingerprint density at radius 1 is 1.18 bits per heavy atom. The molecule has 0 saturated carbocycles. The second kappa shape index (κ2) is 5.15. The summed E-state index contributed by atoms with van der Waals surface area (Å²) in [5.41, 5.74) is 0. The van der Waals surface area contributed by atoms with Gasteiger partial charge in [0.2, 0.25) is 5.79 Å². The van der Waals surface area contributed by atoms with Crippen LogP contribution in [-0.4, -0.2) is 84.0 Å². The topological polar surface area (TPSA) is 104 Å². The van der Waals surface area contributed by atoms with Crippen LogP contribution >= 0.6 is 0 Å². The van der Waals surface area contributed by atoms with Crippen molar-refractivity contribution >= 4 is 0 Å². The number of hydrogen-bond donors (Lipinski definition) is 5. The Labute approximate surface area is 99.2 Å². The van der Waals surface area contributed by atoms with E-state index >= 15 is 0 Å². The van der Waals surface area contributed by atoms with E-state index in [0.29, 0.717) is 13.2 Å². The SMILES string of the molecule is O[C@@H]1[C@H](O)CO[C@](O)(C[NH+]2CCOCC2)[C@H]1O. The molecule has 2 heterocycles. The molecule has 0 aromatic rings. The van der Waals surface area contributed by atoms with E-state index in [4.69, 9.17) is 9.47 Å². The van der Waals surface area contributed by atoms with Gasteiger partial charge in [0.25, 0.3) is 0 Å². The van der Waals surface area contributed by atoms with Gasteiger partial charge in [-0.3, -0.25) is 0 Å². The average molecular weight is 250 g/mol. The third-order valence-corrected chi connectivity index (χ3v) is 3.39. The van der Waals surface area contributed by atoms with Gasteiger partial charge in [-0.15, -0.1) is 0 Å². The minimum atomic E-state index is -1.80. The number of morpholine rings is 1. The lowest BCUT2D eigenvalue weighted by molar-refractivity contribution is -0.919. The minimum absolute atomic E-state index is 0.168. The van der Waals surface area contributed by atoms with Crippen LogP contribution in [0.4, 0.5) is 0 Å². The van der Waals surface area contributed by atoms with Crippen molar-refractivity contribution in [1.82, 2.24) is 0 Å². The van der Waals surface area contributed by atoms with Crippen LogP contribution in [0.15, 0.2) is 0 Å². The summed E-state index contributed by atoms with van der Waals surface area (Å²) < 4.78 is 10.3. The molecule has 0 aromatic heterocycles. The number of quaternary nitrogens is 1. The zero-order valence-electron chi connectivity index (χ0n) is 9.58. The molecule has 17 heavy (non-hydrogen) atoms. The van der Waals surface area contributed by atoms with Crippen LogP contribution in [-0.2, 0) is 9.47 Å². The van der Waals surface area contributed by atoms with E-state index in [1.165, 1.54) is 0 Å². The first-order valence-electron chi connectivity index (χ1n) is 5.85. The highest BCUT2D eigenvalue weighted by molar-refractivity contribution is 4.91. The fourth-order valence-electron chi connectivity index (χ4n) is 2.24. The van der Waals surface area contributed by atoms with Gasteiger partial charge in [-0.1, -0.05) is 0 Å². The second-order valence-electron chi connectivity index (χ2n) is 4.70. The van der Waals surface area contributed by atoms with Crippen molar-refractivity contribution in [3.63, 3.8) is 0 Å². The van der Waals surface area contributed by atoms with E-state index in [2.05, 4.69) is 0 Å². The first-order chi connectivity index (χ1) is 8.03. The summed E-state index contributed by atoms with van der Waals surface area (Å²) >= 11 is 0. The summed E-state index contributed by atoms with van der Waals surface area (Å²) in [6.07, 6.45) is -4.04. The number of nitrogens with one attached hydrogen (secondary N) is 1. The molecule has 0 radical (unpaired) electrons. The summed E-state index contributed by atoms with van der Waals surface area (Å²) in [5.74, 6) is -1.80. The summed E-state index contributed by atoms with van der Waals surface area (Å²) in [6.45, 7) is 2.63. The number of aliphatic hydroxyl groups excluding tert-OH is 3. The highest BCUT2D eigenvalue weighted by Gasteiger charge is 2.51. The van der Waals surface area contributed by atoms with E-state index in [1.807, 2.05) is 0 Å². The van der Waals surface area contributed by atoms with Gasteiger partial charge in [-0.2, -0.15) is 0 Å². The van der Waals surface area contributed by atoms with Gasteiger partial charge in [0.15, 0.2) is 0 Å².